The fraction of sp³-hybridized carbons (Fsp3) is 0.467. The normalized spacial score (nSPS) is 36.4. The summed E-state index contributed by atoms with van der Waals surface area (Å²) in [5.74, 6) is 1.83. The smallest absolute Gasteiger partial charge is 0.253 e. The largest absolute Gasteiger partial charge is 0.316 e. The molecule has 4 rings (SSSR count). The van der Waals surface area contributed by atoms with Crippen molar-refractivity contribution in [3.63, 3.8) is 0 Å². The molecule has 1 aliphatic carbocycles. The zero-order chi connectivity index (χ0) is 12.9. The third kappa shape index (κ3) is 1.49. The standard InChI is InChI=1S/C15H17N3O/c19-14-15(7-6-11-8-16-9-12(11)15)18-13(17-14)10-4-2-1-3-5-10/h1-5,11-12,16H,6-9H2,(H,17,18,19)/t11-,12+,15-/m1/s1. The van der Waals surface area contributed by atoms with Crippen LogP contribution in [0.1, 0.15) is 18.4 Å². The molecule has 98 valence electrons. The van der Waals surface area contributed by atoms with Crippen molar-refractivity contribution in [1.29, 1.82) is 0 Å². The predicted octanol–water partition coefficient (Wildman–Crippen LogP) is 0.931. The molecule has 3 aliphatic rings. The molecule has 0 bridgehead atoms. The van der Waals surface area contributed by atoms with E-state index in [1.807, 2.05) is 30.3 Å². The third-order valence-corrected chi connectivity index (χ3v) is 4.83. The number of hydrogen-bond acceptors (Lipinski definition) is 3. The van der Waals surface area contributed by atoms with Gasteiger partial charge in [-0.05, 0) is 25.3 Å². The van der Waals surface area contributed by atoms with Crippen LogP contribution in [0.25, 0.3) is 0 Å². The second kappa shape index (κ2) is 3.90. The van der Waals surface area contributed by atoms with Crippen molar-refractivity contribution in [2.75, 3.05) is 13.1 Å². The lowest BCUT2D eigenvalue weighted by Gasteiger charge is -2.23. The monoisotopic (exact) mass is 255 g/mol. The number of amides is 1. The molecule has 3 atom stereocenters. The number of carbonyl (C=O) groups is 1. The van der Waals surface area contributed by atoms with Crippen molar-refractivity contribution in [3.05, 3.63) is 35.9 Å². The van der Waals surface area contributed by atoms with Crippen LogP contribution in [0.3, 0.4) is 0 Å². The van der Waals surface area contributed by atoms with Crippen LogP contribution in [-0.4, -0.2) is 30.4 Å². The van der Waals surface area contributed by atoms with Crippen molar-refractivity contribution >= 4 is 11.7 Å². The Morgan fingerprint density at radius 1 is 1.21 bits per heavy atom. The Morgan fingerprint density at radius 2 is 2.05 bits per heavy atom. The molecule has 1 aromatic rings. The summed E-state index contributed by atoms with van der Waals surface area (Å²) < 4.78 is 0. The molecule has 2 heterocycles. The van der Waals surface area contributed by atoms with Gasteiger partial charge < -0.3 is 10.6 Å². The van der Waals surface area contributed by atoms with E-state index in [4.69, 9.17) is 4.99 Å². The summed E-state index contributed by atoms with van der Waals surface area (Å²) in [6.45, 7) is 1.96. The SMILES string of the molecule is O=C1NC(c2ccccc2)=N[C@@]12CC[C@@H]1CNC[C@@H]12. The van der Waals surface area contributed by atoms with E-state index in [9.17, 15) is 4.79 Å². The molecule has 2 N–H and O–H groups in total. The second-order valence-electron chi connectivity index (χ2n) is 5.77. The maximum atomic E-state index is 12.5. The first kappa shape index (κ1) is 11.2. The number of amidine groups is 1. The van der Waals surface area contributed by atoms with Crippen LogP contribution in [-0.2, 0) is 4.79 Å². The highest BCUT2D eigenvalue weighted by Crippen LogP contribution is 2.46. The average molecular weight is 255 g/mol. The van der Waals surface area contributed by atoms with Crippen LogP contribution in [0.15, 0.2) is 35.3 Å². The van der Waals surface area contributed by atoms with E-state index in [1.54, 1.807) is 0 Å². The molecule has 19 heavy (non-hydrogen) atoms. The molecule has 2 aliphatic heterocycles. The number of aliphatic imine (C=N–C) groups is 1. The molecule has 2 fully saturated rings. The molecule has 1 saturated heterocycles. The van der Waals surface area contributed by atoms with Gasteiger partial charge in [0.2, 0.25) is 0 Å². The highest BCUT2D eigenvalue weighted by molar-refractivity contribution is 6.15. The van der Waals surface area contributed by atoms with E-state index in [0.717, 1.165) is 37.3 Å². The molecular formula is C15H17N3O. The predicted molar refractivity (Wildman–Crippen MR) is 72.9 cm³/mol. The molecule has 4 heteroatoms. The Hall–Kier alpha value is -1.68. The number of fused-ring (bicyclic) bond motifs is 2. The van der Waals surface area contributed by atoms with Crippen molar-refractivity contribution in [1.82, 2.24) is 10.6 Å². The van der Waals surface area contributed by atoms with Crippen LogP contribution in [0.5, 0.6) is 0 Å². The summed E-state index contributed by atoms with van der Waals surface area (Å²) in [5.41, 5.74) is 0.501. The Morgan fingerprint density at radius 3 is 2.89 bits per heavy atom. The summed E-state index contributed by atoms with van der Waals surface area (Å²) in [5, 5.41) is 6.40. The molecule has 0 unspecified atom stereocenters. The van der Waals surface area contributed by atoms with Crippen LogP contribution < -0.4 is 10.6 Å². The van der Waals surface area contributed by atoms with Gasteiger partial charge in [0.15, 0.2) is 0 Å². The molecule has 0 radical (unpaired) electrons. The molecule has 0 aromatic heterocycles. The van der Waals surface area contributed by atoms with E-state index < -0.39 is 5.54 Å². The number of nitrogens with zero attached hydrogens (tertiary/aromatic N) is 1. The van der Waals surface area contributed by atoms with Gasteiger partial charge >= 0.3 is 0 Å². The van der Waals surface area contributed by atoms with Gasteiger partial charge in [0, 0.05) is 18.0 Å². The van der Waals surface area contributed by atoms with Gasteiger partial charge in [-0.1, -0.05) is 30.3 Å². The van der Waals surface area contributed by atoms with Gasteiger partial charge in [-0.25, -0.2) is 0 Å². The van der Waals surface area contributed by atoms with E-state index in [-0.39, 0.29) is 5.91 Å². The summed E-state index contributed by atoms with van der Waals surface area (Å²) in [6.07, 6.45) is 2.00. The molecular weight excluding hydrogens is 238 g/mol. The summed E-state index contributed by atoms with van der Waals surface area (Å²) in [4.78, 5) is 17.3. The van der Waals surface area contributed by atoms with Gasteiger partial charge in [0.1, 0.15) is 11.4 Å². The quantitative estimate of drug-likeness (QED) is 0.784. The molecule has 1 aromatic carbocycles. The maximum Gasteiger partial charge on any atom is 0.253 e. The van der Waals surface area contributed by atoms with Crippen LogP contribution in [0, 0.1) is 11.8 Å². The number of hydrogen-bond donors (Lipinski definition) is 2. The molecule has 4 nitrogen and oxygen atoms in total. The summed E-state index contributed by atoms with van der Waals surface area (Å²) in [7, 11) is 0. The van der Waals surface area contributed by atoms with Gasteiger partial charge in [0.25, 0.3) is 5.91 Å². The minimum atomic E-state index is -0.501. The van der Waals surface area contributed by atoms with E-state index in [1.165, 1.54) is 0 Å². The Kier molecular flexibility index (Phi) is 2.30. The average Bonchev–Trinajstić information content (AvgIpc) is 3.10. The highest BCUT2D eigenvalue weighted by Gasteiger charge is 2.57. The fourth-order valence-corrected chi connectivity index (χ4v) is 3.83. The Labute approximate surface area is 112 Å². The van der Waals surface area contributed by atoms with E-state index >= 15 is 0 Å². The first-order valence-corrected chi connectivity index (χ1v) is 6.97. The summed E-state index contributed by atoms with van der Waals surface area (Å²) >= 11 is 0. The minimum absolute atomic E-state index is 0.0996. The van der Waals surface area contributed by atoms with Crippen LogP contribution in [0.2, 0.25) is 0 Å². The number of nitrogens with one attached hydrogen (secondary N) is 2. The van der Waals surface area contributed by atoms with Crippen molar-refractivity contribution in [2.24, 2.45) is 16.8 Å². The van der Waals surface area contributed by atoms with Gasteiger partial charge in [-0.3, -0.25) is 9.79 Å². The first-order chi connectivity index (χ1) is 9.29. The third-order valence-electron chi connectivity index (χ3n) is 4.83. The van der Waals surface area contributed by atoms with Gasteiger partial charge in [0.05, 0.1) is 0 Å². The lowest BCUT2D eigenvalue weighted by atomic mass is 9.85. The number of benzene rings is 1. The topological polar surface area (TPSA) is 53.5 Å². The van der Waals surface area contributed by atoms with Crippen molar-refractivity contribution < 1.29 is 4.79 Å². The van der Waals surface area contributed by atoms with E-state index in [2.05, 4.69) is 10.6 Å². The van der Waals surface area contributed by atoms with Crippen LogP contribution >= 0.6 is 0 Å². The van der Waals surface area contributed by atoms with E-state index in [0.29, 0.717) is 11.8 Å². The number of rotatable bonds is 1. The van der Waals surface area contributed by atoms with Gasteiger partial charge in [-0.2, -0.15) is 0 Å². The Bertz CT molecular complexity index is 554. The zero-order valence-electron chi connectivity index (χ0n) is 10.7. The fourth-order valence-electron chi connectivity index (χ4n) is 3.83. The van der Waals surface area contributed by atoms with Crippen molar-refractivity contribution in [3.8, 4) is 0 Å². The lowest BCUT2D eigenvalue weighted by Crippen LogP contribution is -2.44. The maximum absolute atomic E-state index is 12.5. The summed E-state index contributed by atoms with van der Waals surface area (Å²) in [6, 6.07) is 9.92. The first-order valence-electron chi connectivity index (χ1n) is 6.97. The second-order valence-corrected chi connectivity index (χ2v) is 5.77. The van der Waals surface area contributed by atoms with Crippen LogP contribution in [0.4, 0.5) is 0 Å². The van der Waals surface area contributed by atoms with Crippen molar-refractivity contribution in [2.45, 2.75) is 18.4 Å². The zero-order valence-corrected chi connectivity index (χ0v) is 10.7. The molecule has 1 amide bonds. The number of carbonyl (C=O) groups excluding carboxylic acids is 1. The molecule has 1 saturated carbocycles. The minimum Gasteiger partial charge on any atom is -0.316 e. The lowest BCUT2D eigenvalue weighted by molar-refractivity contribution is -0.124. The highest BCUT2D eigenvalue weighted by atomic mass is 16.2. The molecule has 1 spiro atoms. The van der Waals surface area contributed by atoms with Gasteiger partial charge in [-0.15, -0.1) is 0 Å². The Balaban J connectivity index is 1.74.